The smallest absolute Gasteiger partial charge is 0.0413 e. The molecular weight excluding hydrogens is 288 g/mol. The molecule has 3 heteroatoms. The standard InChI is InChI=1S/C15H23BrN2/c1-2-9-17-15-6-4-3-5-12(15)10-14-8-7-13(16)11-18-14/h7-8,11-12,15,17H,2-6,9-10H2,1H3. The molecule has 1 heterocycles. The molecule has 0 amide bonds. The summed E-state index contributed by atoms with van der Waals surface area (Å²) in [6, 6.07) is 4.94. The van der Waals surface area contributed by atoms with E-state index in [4.69, 9.17) is 0 Å². The van der Waals surface area contributed by atoms with Gasteiger partial charge in [0.1, 0.15) is 0 Å². The van der Waals surface area contributed by atoms with E-state index in [1.807, 2.05) is 6.20 Å². The van der Waals surface area contributed by atoms with Crippen LogP contribution in [0.4, 0.5) is 0 Å². The topological polar surface area (TPSA) is 24.9 Å². The highest BCUT2D eigenvalue weighted by molar-refractivity contribution is 9.10. The lowest BCUT2D eigenvalue weighted by atomic mass is 9.81. The van der Waals surface area contributed by atoms with Crippen molar-refractivity contribution < 1.29 is 0 Å². The molecule has 1 aliphatic rings. The summed E-state index contributed by atoms with van der Waals surface area (Å²) in [6.07, 6.45) is 9.69. The van der Waals surface area contributed by atoms with Gasteiger partial charge in [-0.05, 0) is 66.2 Å². The van der Waals surface area contributed by atoms with Crippen LogP contribution in [0.3, 0.4) is 0 Å². The van der Waals surface area contributed by atoms with E-state index in [1.54, 1.807) is 0 Å². The van der Waals surface area contributed by atoms with Gasteiger partial charge >= 0.3 is 0 Å². The van der Waals surface area contributed by atoms with Crippen LogP contribution in [0.5, 0.6) is 0 Å². The highest BCUT2D eigenvalue weighted by atomic mass is 79.9. The van der Waals surface area contributed by atoms with Crippen molar-refractivity contribution in [3.05, 3.63) is 28.5 Å². The number of nitrogens with one attached hydrogen (secondary N) is 1. The van der Waals surface area contributed by atoms with Crippen molar-refractivity contribution in [1.29, 1.82) is 0 Å². The van der Waals surface area contributed by atoms with Crippen molar-refractivity contribution in [1.82, 2.24) is 10.3 Å². The Morgan fingerprint density at radius 3 is 2.89 bits per heavy atom. The third-order valence-electron chi connectivity index (χ3n) is 3.83. The number of aromatic nitrogens is 1. The fraction of sp³-hybridized carbons (Fsp3) is 0.667. The first-order valence-corrected chi connectivity index (χ1v) is 7.92. The first-order chi connectivity index (χ1) is 8.79. The van der Waals surface area contributed by atoms with Gasteiger partial charge in [0.05, 0.1) is 0 Å². The third kappa shape index (κ3) is 4.06. The Morgan fingerprint density at radius 2 is 2.17 bits per heavy atom. The van der Waals surface area contributed by atoms with Crippen molar-refractivity contribution in [2.24, 2.45) is 5.92 Å². The summed E-state index contributed by atoms with van der Waals surface area (Å²) in [4.78, 5) is 4.51. The maximum Gasteiger partial charge on any atom is 0.0413 e. The second-order valence-corrected chi connectivity index (χ2v) is 6.19. The number of halogens is 1. The van der Waals surface area contributed by atoms with Crippen LogP contribution in [-0.4, -0.2) is 17.6 Å². The van der Waals surface area contributed by atoms with Gasteiger partial charge in [-0.1, -0.05) is 19.8 Å². The minimum atomic E-state index is 0.698. The van der Waals surface area contributed by atoms with Gasteiger partial charge in [-0.3, -0.25) is 4.98 Å². The van der Waals surface area contributed by atoms with Crippen LogP contribution in [0.15, 0.2) is 22.8 Å². The average molecular weight is 311 g/mol. The minimum absolute atomic E-state index is 0.698. The van der Waals surface area contributed by atoms with Crippen LogP contribution in [0.25, 0.3) is 0 Å². The highest BCUT2D eigenvalue weighted by Gasteiger charge is 2.24. The van der Waals surface area contributed by atoms with E-state index in [0.717, 1.165) is 23.4 Å². The number of hydrogen-bond donors (Lipinski definition) is 1. The van der Waals surface area contributed by atoms with Crippen molar-refractivity contribution in [2.75, 3.05) is 6.54 Å². The molecule has 18 heavy (non-hydrogen) atoms. The summed E-state index contributed by atoms with van der Waals surface area (Å²) >= 11 is 3.44. The molecule has 1 aromatic heterocycles. The molecule has 0 saturated heterocycles. The highest BCUT2D eigenvalue weighted by Crippen LogP contribution is 2.27. The summed E-state index contributed by atoms with van der Waals surface area (Å²) in [5.74, 6) is 0.763. The fourth-order valence-electron chi connectivity index (χ4n) is 2.85. The van der Waals surface area contributed by atoms with Crippen molar-refractivity contribution in [2.45, 2.75) is 51.5 Å². The summed E-state index contributed by atoms with van der Waals surface area (Å²) in [6.45, 7) is 3.38. The molecule has 2 unspecified atom stereocenters. The molecule has 1 N–H and O–H groups in total. The molecule has 2 rings (SSSR count). The molecule has 1 aromatic rings. The zero-order valence-electron chi connectivity index (χ0n) is 11.2. The maximum absolute atomic E-state index is 4.51. The van der Waals surface area contributed by atoms with Crippen LogP contribution in [0.1, 0.15) is 44.7 Å². The first-order valence-electron chi connectivity index (χ1n) is 7.13. The minimum Gasteiger partial charge on any atom is -0.314 e. The zero-order chi connectivity index (χ0) is 12.8. The van der Waals surface area contributed by atoms with Crippen LogP contribution >= 0.6 is 15.9 Å². The Hall–Kier alpha value is -0.410. The molecular formula is C15H23BrN2. The monoisotopic (exact) mass is 310 g/mol. The molecule has 0 spiro atoms. The van der Waals surface area contributed by atoms with E-state index >= 15 is 0 Å². The van der Waals surface area contributed by atoms with Gasteiger partial charge in [0.25, 0.3) is 0 Å². The Kier molecular flexibility index (Phi) is 5.64. The fourth-order valence-corrected chi connectivity index (χ4v) is 3.08. The molecule has 2 nitrogen and oxygen atoms in total. The number of pyridine rings is 1. The van der Waals surface area contributed by atoms with E-state index in [0.29, 0.717) is 6.04 Å². The van der Waals surface area contributed by atoms with Gasteiger partial charge in [-0.15, -0.1) is 0 Å². The second kappa shape index (κ2) is 7.25. The molecule has 1 saturated carbocycles. The van der Waals surface area contributed by atoms with E-state index in [-0.39, 0.29) is 0 Å². The normalized spacial score (nSPS) is 24.1. The predicted octanol–water partition coefficient (Wildman–Crippen LogP) is 3.95. The number of hydrogen-bond acceptors (Lipinski definition) is 2. The largest absolute Gasteiger partial charge is 0.314 e. The number of rotatable bonds is 5. The van der Waals surface area contributed by atoms with Crippen molar-refractivity contribution in [3.63, 3.8) is 0 Å². The van der Waals surface area contributed by atoms with E-state index in [2.05, 4.69) is 45.3 Å². The lowest BCUT2D eigenvalue weighted by Gasteiger charge is -2.32. The summed E-state index contributed by atoms with van der Waals surface area (Å²) in [5.41, 5.74) is 1.23. The Bertz CT molecular complexity index is 350. The molecule has 0 aromatic carbocycles. The van der Waals surface area contributed by atoms with Gasteiger partial charge in [0.2, 0.25) is 0 Å². The van der Waals surface area contributed by atoms with E-state index in [1.165, 1.54) is 37.8 Å². The molecule has 0 bridgehead atoms. The summed E-state index contributed by atoms with van der Waals surface area (Å²) in [7, 11) is 0. The molecule has 1 aliphatic carbocycles. The van der Waals surface area contributed by atoms with E-state index in [9.17, 15) is 0 Å². The summed E-state index contributed by atoms with van der Waals surface area (Å²) < 4.78 is 1.07. The zero-order valence-corrected chi connectivity index (χ0v) is 12.7. The molecule has 0 radical (unpaired) electrons. The van der Waals surface area contributed by atoms with Crippen LogP contribution in [0.2, 0.25) is 0 Å². The predicted molar refractivity (Wildman–Crippen MR) is 79.7 cm³/mol. The van der Waals surface area contributed by atoms with Gasteiger partial charge < -0.3 is 5.32 Å². The Balaban J connectivity index is 1.94. The lowest BCUT2D eigenvalue weighted by molar-refractivity contribution is 0.260. The van der Waals surface area contributed by atoms with Gasteiger partial charge in [-0.2, -0.15) is 0 Å². The number of nitrogens with zero attached hydrogens (tertiary/aromatic N) is 1. The van der Waals surface area contributed by atoms with E-state index < -0.39 is 0 Å². The van der Waals surface area contributed by atoms with Crippen LogP contribution < -0.4 is 5.32 Å². The van der Waals surface area contributed by atoms with Crippen LogP contribution in [0, 0.1) is 5.92 Å². The molecule has 1 fully saturated rings. The first kappa shape index (κ1) is 14.0. The van der Waals surface area contributed by atoms with Gasteiger partial charge in [0.15, 0.2) is 0 Å². The van der Waals surface area contributed by atoms with Gasteiger partial charge in [-0.25, -0.2) is 0 Å². The average Bonchev–Trinajstić information content (AvgIpc) is 2.40. The molecule has 0 aliphatic heterocycles. The lowest BCUT2D eigenvalue weighted by Crippen LogP contribution is -2.39. The quantitative estimate of drug-likeness (QED) is 0.891. The van der Waals surface area contributed by atoms with Crippen molar-refractivity contribution >= 4 is 15.9 Å². The Morgan fingerprint density at radius 1 is 1.33 bits per heavy atom. The second-order valence-electron chi connectivity index (χ2n) is 5.28. The third-order valence-corrected chi connectivity index (χ3v) is 4.29. The molecule has 100 valence electrons. The van der Waals surface area contributed by atoms with Crippen molar-refractivity contribution in [3.8, 4) is 0 Å². The molecule has 2 atom stereocenters. The van der Waals surface area contributed by atoms with Gasteiger partial charge in [0, 0.05) is 22.4 Å². The summed E-state index contributed by atoms with van der Waals surface area (Å²) in [5, 5.41) is 3.72. The van der Waals surface area contributed by atoms with Crippen LogP contribution in [-0.2, 0) is 6.42 Å². The Labute approximate surface area is 119 Å². The SMILES string of the molecule is CCCNC1CCCCC1Cc1ccc(Br)cn1. The maximum atomic E-state index is 4.51.